The summed E-state index contributed by atoms with van der Waals surface area (Å²) in [4.78, 5) is 49.5. The number of ketones is 2. The van der Waals surface area contributed by atoms with Gasteiger partial charge in [0, 0.05) is 17.0 Å². The van der Waals surface area contributed by atoms with Crippen molar-refractivity contribution in [1.82, 2.24) is 9.44 Å². The average molecular weight is 887 g/mol. The number of carbonyl (C=O) groups excluding carboxylic acids is 4. The number of hydrogen-bond donors (Lipinski definition) is 4. The van der Waals surface area contributed by atoms with Crippen LogP contribution in [0, 0.1) is 5.92 Å². The Hall–Kier alpha value is -7.30. The molecule has 322 valence electrons. The third-order valence-electron chi connectivity index (χ3n) is 10.5. The summed E-state index contributed by atoms with van der Waals surface area (Å²) in [5.41, 5.74) is 4.44. The Balaban J connectivity index is 0.000000189. The van der Waals surface area contributed by atoms with Gasteiger partial charge in [-0.2, -0.15) is 16.8 Å². The summed E-state index contributed by atoms with van der Waals surface area (Å²) in [7, 11) is -8.04. The Kier molecular flexibility index (Phi) is 13.0. The largest absolute Gasteiger partial charge is 0.506 e. The molecule has 0 spiro atoms. The summed E-state index contributed by atoms with van der Waals surface area (Å²) in [6.07, 6.45) is 1.20. The van der Waals surface area contributed by atoms with Crippen molar-refractivity contribution in [3.8, 4) is 11.5 Å². The third-order valence-corrected chi connectivity index (χ3v) is 13.3. The van der Waals surface area contributed by atoms with Crippen molar-refractivity contribution < 1.29 is 46.2 Å². The number of hydrogen-bond acceptors (Lipinski definition) is 10. The minimum absolute atomic E-state index is 0.00469. The molecule has 0 radical (unpaired) electrons. The van der Waals surface area contributed by atoms with Crippen LogP contribution >= 0.6 is 0 Å². The van der Waals surface area contributed by atoms with E-state index < -0.39 is 51.2 Å². The van der Waals surface area contributed by atoms with E-state index >= 15 is 0 Å². The number of rotatable bonds is 13. The lowest BCUT2D eigenvalue weighted by molar-refractivity contribution is -0.118. The number of nitrogens with zero attached hydrogens (tertiary/aromatic N) is 2. The molecule has 4 N–H and O–H groups in total. The zero-order chi connectivity index (χ0) is 44.7. The fourth-order valence-electron chi connectivity index (χ4n) is 7.50. The normalized spacial score (nSPS) is 15.9. The Morgan fingerprint density at radius 3 is 1.33 bits per heavy atom. The van der Waals surface area contributed by atoms with E-state index in [1.54, 1.807) is 36.4 Å². The summed E-state index contributed by atoms with van der Waals surface area (Å²) in [6.45, 7) is -0.785. The summed E-state index contributed by atoms with van der Waals surface area (Å²) >= 11 is 0. The van der Waals surface area contributed by atoms with Gasteiger partial charge in [0.05, 0.1) is 17.3 Å². The van der Waals surface area contributed by atoms with Crippen molar-refractivity contribution in [2.24, 2.45) is 5.92 Å². The predicted octanol–water partition coefficient (Wildman–Crippen LogP) is 5.64. The van der Waals surface area contributed by atoms with Crippen LogP contribution in [0.3, 0.4) is 0 Å². The molecule has 2 fully saturated rings. The molecule has 2 heterocycles. The second-order valence-corrected chi connectivity index (χ2v) is 18.1. The lowest BCUT2D eigenvalue weighted by Gasteiger charge is -2.19. The van der Waals surface area contributed by atoms with Crippen LogP contribution in [0.5, 0.6) is 11.5 Å². The van der Waals surface area contributed by atoms with E-state index in [0.717, 1.165) is 19.7 Å². The molecule has 0 bridgehead atoms. The van der Waals surface area contributed by atoms with E-state index in [1.807, 2.05) is 107 Å². The standard InChI is InChI=1S/C24H22N2O5S.C23H20N2O5S/c27-22-15-18(11-12-21(22)26-16-23(28)25-32(26,30)31)14-20(13-17-7-3-1-4-8-17)24(29)19-9-5-2-6-10-19;26-21-14-16(11-12-20(21)25-15-22(27)24-31(25,29)30)13-19(17-7-3-1-4-8-17)23(28)18-9-5-2-6-10-18/h1-12,15,20,27H,13-14,16H2,(H,25,28);1-12,14,19,26H,13,15H2,(H,24,27). The first-order valence-electron chi connectivity index (χ1n) is 19.8. The van der Waals surface area contributed by atoms with Gasteiger partial charge in [0.1, 0.15) is 24.6 Å². The highest BCUT2D eigenvalue weighted by Crippen LogP contribution is 2.35. The van der Waals surface area contributed by atoms with Gasteiger partial charge in [-0.15, -0.1) is 0 Å². The Bertz CT molecular complexity index is 2870. The van der Waals surface area contributed by atoms with Crippen molar-refractivity contribution in [3.05, 3.63) is 191 Å². The minimum Gasteiger partial charge on any atom is -0.506 e. The number of carbonyl (C=O) groups is 4. The van der Waals surface area contributed by atoms with E-state index in [2.05, 4.69) is 0 Å². The highest BCUT2D eigenvalue weighted by molar-refractivity contribution is 7.92. The van der Waals surface area contributed by atoms with Gasteiger partial charge in [0.15, 0.2) is 11.6 Å². The van der Waals surface area contributed by atoms with E-state index in [9.17, 15) is 46.2 Å². The van der Waals surface area contributed by atoms with E-state index in [-0.39, 0.29) is 40.4 Å². The molecule has 2 unspecified atom stereocenters. The maximum atomic E-state index is 13.2. The molecule has 0 aliphatic carbocycles. The van der Waals surface area contributed by atoms with Gasteiger partial charge >= 0.3 is 20.4 Å². The van der Waals surface area contributed by atoms with Crippen molar-refractivity contribution in [2.75, 3.05) is 21.7 Å². The van der Waals surface area contributed by atoms with Gasteiger partial charge in [0.25, 0.3) is 11.8 Å². The van der Waals surface area contributed by atoms with Crippen LogP contribution in [0.15, 0.2) is 158 Å². The molecular weight excluding hydrogens is 845 g/mol. The van der Waals surface area contributed by atoms with E-state index in [0.29, 0.717) is 41.5 Å². The number of Topliss-reactive ketones (excluding diaryl/α,β-unsaturated/α-hetero) is 2. The van der Waals surface area contributed by atoms with Gasteiger partial charge in [-0.1, -0.05) is 133 Å². The van der Waals surface area contributed by atoms with Crippen LogP contribution in [0.25, 0.3) is 0 Å². The Morgan fingerprint density at radius 2 is 0.905 bits per heavy atom. The number of aromatic hydroxyl groups is 2. The third kappa shape index (κ3) is 10.4. The van der Waals surface area contributed by atoms with Gasteiger partial charge < -0.3 is 10.2 Å². The molecule has 14 nitrogen and oxygen atoms in total. The zero-order valence-corrected chi connectivity index (χ0v) is 35.2. The highest BCUT2D eigenvalue weighted by Gasteiger charge is 2.37. The fourth-order valence-corrected chi connectivity index (χ4v) is 9.83. The van der Waals surface area contributed by atoms with E-state index in [1.165, 1.54) is 24.3 Å². The number of nitrogens with one attached hydrogen (secondary N) is 2. The fraction of sp³-hybridized carbons (Fsp3) is 0.149. The van der Waals surface area contributed by atoms with Crippen LogP contribution in [-0.2, 0) is 49.3 Å². The summed E-state index contributed by atoms with van der Waals surface area (Å²) in [5.74, 6) is -2.78. The average Bonchev–Trinajstić information content (AvgIpc) is 3.72. The molecule has 6 aromatic carbocycles. The summed E-state index contributed by atoms with van der Waals surface area (Å²) in [6, 6.07) is 46.2. The first-order chi connectivity index (χ1) is 30.2. The van der Waals surface area contributed by atoms with Crippen molar-refractivity contribution in [3.63, 3.8) is 0 Å². The minimum atomic E-state index is -4.02. The number of phenols is 2. The lowest BCUT2D eigenvalue weighted by atomic mass is 9.85. The van der Waals surface area contributed by atoms with Crippen LogP contribution in [0.1, 0.15) is 48.9 Å². The number of benzene rings is 6. The van der Waals surface area contributed by atoms with Crippen molar-refractivity contribution in [2.45, 2.75) is 25.2 Å². The molecule has 6 aromatic rings. The number of phenolic OH excluding ortho intramolecular Hbond substituents is 2. The van der Waals surface area contributed by atoms with Gasteiger partial charge in [-0.05, 0) is 65.8 Å². The molecule has 63 heavy (non-hydrogen) atoms. The smallest absolute Gasteiger partial charge is 0.326 e. The molecule has 0 aromatic heterocycles. The molecule has 2 aliphatic rings. The Labute approximate surface area is 364 Å². The van der Waals surface area contributed by atoms with Crippen LogP contribution in [-0.4, -0.2) is 63.5 Å². The van der Waals surface area contributed by atoms with Gasteiger partial charge in [-0.25, -0.2) is 18.1 Å². The van der Waals surface area contributed by atoms with Gasteiger partial charge in [-0.3, -0.25) is 19.2 Å². The topological polar surface area (TPSA) is 208 Å². The first kappa shape index (κ1) is 43.8. The van der Waals surface area contributed by atoms with Crippen LogP contribution in [0.2, 0.25) is 0 Å². The predicted molar refractivity (Wildman–Crippen MR) is 237 cm³/mol. The second kappa shape index (κ2) is 18.8. The maximum absolute atomic E-state index is 13.2. The number of amides is 2. The molecule has 2 aliphatic heterocycles. The molecule has 0 saturated carbocycles. The molecule has 8 rings (SSSR count). The molecular formula is C47H42N4O10S2. The molecule has 2 saturated heterocycles. The SMILES string of the molecule is O=C1CN(c2ccc(CC(C(=O)c3ccccc3)c3ccccc3)cc2O)S(=O)(=O)N1.O=C1CN(c2ccc(CC(Cc3ccccc3)C(=O)c3ccccc3)cc2O)S(=O)(=O)N1. The molecule has 2 atom stereocenters. The van der Waals surface area contributed by atoms with Crippen molar-refractivity contribution in [1.29, 1.82) is 0 Å². The van der Waals surface area contributed by atoms with Gasteiger partial charge in [0.2, 0.25) is 0 Å². The lowest BCUT2D eigenvalue weighted by Crippen LogP contribution is -2.29. The molecule has 16 heteroatoms. The maximum Gasteiger partial charge on any atom is 0.326 e. The highest BCUT2D eigenvalue weighted by atomic mass is 32.2. The Morgan fingerprint density at radius 1 is 0.508 bits per heavy atom. The van der Waals surface area contributed by atoms with Crippen LogP contribution < -0.4 is 18.1 Å². The quantitative estimate of drug-likeness (QED) is 0.105. The zero-order valence-electron chi connectivity index (χ0n) is 33.6. The second-order valence-electron chi connectivity index (χ2n) is 14.9. The monoisotopic (exact) mass is 886 g/mol. The first-order valence-corrected chi connectivity index (χ1v) is 22.6. The summed E-state index contributed by atoms with van der Waals surface area (Å²) in [5, 5.41) is 21.0. The van der Waals surface area contributed by atoms with Crippen LogP contribution in [0.4, 0.5) is 11.4 Å². The summed E-state index contributed by atoms with van der Waals surface area (Å²) < 4.78 is 53.7. The molecule has 2 amide bonds. The van der Waals surface area contributed by atoms with E-state index in [4.69, 9.17) is 0 Å². The number of anilines is 2. The van der Waals surface area contributed by atoms with Crippen molar-refractivity contribution >= 4 is 55.2 Å².